The summed E-state index contributed by atoms with van der Waals surface area (Å²) in [5.41, 5.74) is 4.41. The van der Waals surface area contributed by atoms with Gasteiger partial charge in [0.15, 0.2) is 0 Å². The first-order chi connectivity index (χ1) is 16.3. The maximum atomic E-state index is 13.2. The molecule has 0 radical (unpaired) electrons. The minimum absolute atomic E-state index is 0.0399. The fourth-order valence-corrected chi connectivity index (χ4v) is 4.13. The lowest BCUT2D eigenvalue weighted by atomic mass is 9.94. The number of aryl methyl sites for hydroxylation is 2. The van der Waals surface area contributed by atoms with Crippen LogP contribution in [0.3, 0.4) is 0 Å². The van der Waals surface area contributed by atoms with E-state index in [-0.39, 0.29) is 23.7 Å². The fourth-order valence-electron chi connectivity index (χ4n) is 4.13. The summed E-state index contributed by atoms with van der Waals surface area (Å²) < 4.78 is 4.71. The number of ether oxygens (including phenoxy) is 1. The molecular weight excluding hydrogens is 430 g/mol. The Hall–Kier alpha value is -4.19. The molecule has 1 amide bonds. The predicted molar refractivity (Wildman–Crippen MR) is 129 cm³/mol. The normalized spacial score (nSPS) is 17.1. The van der Waals surface area contributed by atoms with Crippen molar-refractivity contribution >= 4 is 29.1 Å². The van der Waals surface area contributed by atoms with Crippen LogP contribution in [0, 0.1) is 13.8 Å². The number of aliphatic hydroxyl groups excluding tert-OH is 1. The van der Waals surface area contributed by atoms with Crippen LogP contribution in [-0.4, -0.2) is 29.9 Å². The average Bonchev–Trinajstić information content (AvgIpc) is 3.10. The van der Waals surface area contributed by atoms with Gasteiger partial charge in [-0.2, -0.15) is 0 Å². The van der Waals surface area contributed by atoms with Gasteiger partial charge in [0, 0.05) is 11.3 Å². The minimum Gasteiger partial charge on any atom is -0.507 e. The molecule has 1 fully saturated rings. The van der Waals surface area contributed by atoms with Crippen molar-refractivity contribution in [1.29, 1.82) is 0 Å². The molecule has 6 heteroatoms. The van der Waals surface area contributed by atoms with Crippen molar-refractivity contribution in [2.75, 3.05) is 12.0 Å². The van der Waals surface area contributed by atoms with Crippen LogP contribution in [0.2, 0.25) is 0 Å². The Morgan fingerprint density at radius 2 is 1.62 bits per heavy atom. The number of methoxy groups -OCH3 is 1. The van der Waals surface area contributed by atoms with Crippen molar-refractivity contribution in [2.24, 2.45) is 0 Å². The lowest BCUT2D eigenvalue weighted by Crippen LogP contribution is -2.29. The largest absolute Gasteiger partial charge is 0.507 e. The number of carbonyl (C=O) groups excluding carboxylic acids is 3. The van der Waals surface area contributed by atoms with Crippen molar-refractivity contribution in [2.45, 2.75) is 26.3 Å². The van der Waals surface area contributed by atoms with Gasteiger partial charge in [0.25, 0.3) is 11.7 Å². The third kappa shape index (κ3) is 4.35. The van der Waals surface area contributed by atoms with Crippen LogP contribution >= 0.6 is 0 Å². The van der Waals surface area contributed by atoms with Crippen LogP contribution in [0.25, 0.3) is 5.76 Å². The summed E-state index contributed by atoms with van der Waals surface area (Å²) >= 11 is 0. The summed E-state index contributed by atoms with van der Waals surface area (Å²) in [6.07, 6.45) is 0.102. The molecule has 6 nitrogen and oxygen atoms in total. The van der Waals surface area contributed by atoms with Crippen LogP contribution in [-0.2, 0) is 25.5 Å². The molecule has 3 aromatic rings. The second kappa shape index (κ2) is 9.35. The van der Waals surface area contributed by atoms with Crippen molar-refractivity contribution < 1.29 is 24.2 Å². The van der Waals surface area contributed by atoms with E-state index in [0.29, 0.717) is 16.8 Å². The molecule has 1 heterocycles. The SMILES string of the molecule is COC(=O)Cc1ccc(N2C(=O)C(=O)/C(=C(\O)c3ccc(C)cc3)C2c2cccc(C)c2)cc1. The van der Waals surface area contributed by atoms with E-state index in [1.165, 1.54) is 12.0 Å². The highest BCUT2D eigenvalue weighted by molar-refractivity contribution is 6.51. The molecule has 1 N–H and O–H groups in total. The fraction of sp³-hybridized carbons (Fsp3) is 0.179. The van der Waals surface area contributed by atoms with Crippen LogP contribution in [0.4, 0.5) is 5.69 Å². The number of hydrogen-bond donors (Lipinski definition) is 1. The number of esters is 1. The van der Waals surface area contributed by atoms with E-state index < -0.39 is 17.7 Å². The molecule has 1 aliphatic rings. The minimum atomic E-state index is -0.798. The van der Waals surface area contributed by atoms with Gasteiger partial charge in [-0.25, -0.2) is 0 Å². The predicted octanol–water partition coefficient (Wildman–Crippen LogP) is 4.65. The molecule has 34 heavy (non-hydrogen) atoms. The first kappa shape index (κ1) is 23.0. The molecule has 0 aliphatic carbocycles. The van der Waals surface area contributed by atoms with Gasteiger partial charge >= 0.3 is 5.97 Å². The Morgan fingerprint density at radius 1 is 0.941 bits per heavy atom. The van der Waals surface area contributed by atoms with Crippen LogP contribution in [0.1, 0.15) is 33.9 Å². The smallest absolute Gasteiger partial charge is 0.309 e. The maximum absolute atomic E-state index is 13.2. The highest BCUT2D eigenvalue weighted by Gasteiger charge is 2.47. The molecule has 0 spiro atoms. The summed E-state index contributed by atoms with van der Waals surface area (Å²) in [6.45, 7) is 3.86. The Labute approximate surface area is 198 Å². The monoisotopic (exact) mass is 455 g/mol. The van der Waals surface area contributed by atoms with E-state index in [4.69, 9.17) is 4.74 Å². The maximum Gasteiger partial charge on any atom is 0.309 e. The van der Waals surface area contributed by atoms with E-state index >= 15 is 0 Å². The van der Waals surface area contributed by atoms with Crippen molar-refractivity contribution in [3.8, 4) is 0 Å². The van der Waals surface area contributed by atoms with E-state index in [0.717, 1.165) is 16.7 Å². The van der Waals surface area contributed by atoms with Crippen LogP contribution in [0.5, 0.6) is 0 Å². The number of nitrogens with zero attached hydrogens (tertiary/aromatic N) is 1. The molecular formula is C28H25NO5. The van der Waals surface area contributed by atoms with E-state index in [9.17, 15) is 19.5 Å². The zero-order chi connectivity index (χ0) is 24.4. The molecule has 172 valence electrons. The van der Waals surface area contributed by atoms with Gasteiger partial charge in [-0.1, -0.05) is 71.8 Å². The zero-order valence-corrected chi connectivity index (χ0v) is 19.2. The number of carbonyl (C=O) groups is 3. The van der Waals surface area contributed by atoms with Crippen LogP contribution in [0.15, 0.2) is 78.4 Å². The summed E-state index contributed by atoms with van der Waals surface area (Å²) in [6, 6.07) is 20.7. The van der Waals surface area contributed by atoms with Gasteiger partial charge in [-0.05, 0) is 37.1 Å². The molecule has 0 saturated carbocycles. The quantitative estimate of drug-likeness (QED) is 0.262. The number of anilines is 1. The Kier molecular flexibility index (Phi) is 6.32. The Balaban J connectivity index is 1.85. The molecule has 1 unspecified atom stereocenters. The third-order valence-electron chi connectivity index (χ3n) is 5.92. The number of benzene rings is 3. The molecule has 1 saturated heterocycles. The number of ketones is 1. The van der Waals surface area contributed by atoms with Crippen molar-refractivity contribution in [3.05, 3.63) is 106 Å². The number of amides is 1. The first-order valence-corrected chi connectivity index (χ1v) is 10.9. The van der Waals surface area contributed by atoms with Gasteiger partial charge in [0.1, 0.15) is 5.76 Å². The molecule has 0 aromatic heterocycles. The summed E-state index contributed by atoms with van der Waals surface area (Å²) in [5, 5.41) is 11.2. The lowest BCUT2D eigenvalue weighted by molar-refractivity contribution is -0.139. The van der Waals surface area contributed by atoms with Gasteiger partial charge in [0.05, 0.1) is 25.1 Å². The second-order valence-corrected chi connectivity index (χ2v) is 8.37. The summed E-state index contributed by atoms with van der Waals surface area (Å²) in [5.74, 6) is -2.05. The van der Waals surface area contributed by atoms with E-state index in [1.807, 2.05) is 50.2 Å². The summed E-state index contributed by atoms with van der Waals surface area (Å²) in [7, 11) is 1.33. The molecule has 1 atom stereocenters. The number of rotatable bonds is 5. The second-order valence-electron chi connectivity index (χ2n) is 8.37. The van der Waals surface area contributed by atoms with E-state index in [2.05, 4.69) is 0 Å². The standard InChI is InChI=1S/C28H25NO5/c1-17-7-11-20(12-8-17)26(31)24-25(21-6-4-5-18(2)15-21)29(28(33)27(24)32)22-13-9-19(10-14-22)16-23(30)34-3/h4-15,25,31H,16H2,1-3H3/b26-24-. The highest BCUT2D eigenvalue weighted by atomic mass is 16.5. The average molecular weight is 456 g/mol. The molecule has 3 aromatic carbocycles. The number of hydrogen-bond acceptors (Lipinski definition) is 5. The first-order valence-electron chi connectivity index (χ1n) is 10.9. The molecule has 4 rings (SSSR count). The zero-order valence-electron chi connectivity index (χ0n) is 19.2. The van der Waals surface area contributed by atoms with Crippen molar-refractivity contribution in [1.82, 2.24) is 0 Å². The number of aliphatic hydroxyl groups is 1. The van der Waals surface area contributed by atoms with Gasteiger partial charge < -0.3 is 9.84 Å². The topological polar surface area (TPSA) is 83.9 Å². The third-order valence-corrected chi connectivity index (χ3v) is 5.92. The van der Waals surface area contributed by atoms with Gasteiger partial charge in [-0.15, -0.1) is 0 Å². The Bertz CT molecular complexity index is 1290. The molecule has 0 bridgehead atoms. The van der Waals surface area contributed by atoms with Crippen molar-refractivity contribution in [3.63, 3.8) is 0 Å². The number of Topliss-reactive ketones (excluding diaryl/α,β-unsaturated/α-hetero) is 1. The van der Waals surface area contributed by atoms with Gasteiger partial charge in [-0.3, -0.25) is 19.3 Å². The highest BCUT2D eigenvalue weighted by Crippen LogP contribution is 2.42. The van der Waals surface area contributed by atoms with E-state index in [1.54, 1.807) is 36.4 Å². The molecule has 1 aliphatic heterocycles. The Morgan fingerprint density at radius 3 is 2.24 bits per heavy atom. The van der Waals surface area contributed by atoms with Crippen LogP contribution < -0.4 is 4.90 Å². The van der Waals surface area contributed by atoms with Gasteiger partial charge in [0.2, 0.25) is 0 Å². The summed E-state index contributed by atoms with van der Waals surface area (Å²) in [4.78, 5) is 39.5. The lowest BCUT2D eigenvalue weighted by Gasteiger charge is -2.26.